The molecule has 2 atom stereocenters. The lowest BCUT2D eigenvalue weighted by Gasteiger charge is -2.30. The Morgan fingerprint density at radius 3 is 2.96 bits per heavy atom. The van der Waals surface area contributed by atoms with Gasteiger partial charge in [0.15, 0.2) is 11.9 Å². The fourth-order valence-corrected chi connectivity index (χ4v) is 3.17. The van der Waals surface area contributed by atoms with Crippen LogP contribution in [0.1, 0.15) is 36.3 Å². The molecule has 1 saturated heterocycles. The molecule has 8 heteroatoms. The Morgan fingerprint density at radius 2 is 2.25 bits per heavy atom. The Bertz CT molecular complexity index is 682. The highest BCUT2D eigenvalue weighted by molar-refractivity contribution is 9.10. The van der Waals surface area contributed by atoms with E-state index in [0.29, 0.717) is 11.7 Å². The van der Waals surface area contributed by atoms with Crippen LogP contribution in [0.3, 0.4) is 0 Å². The Morgan fingerprint density at radius 1 is 1.46 bits per heavy atom. The minimum atomic E-state index is -0.308. The minimum Gasteiger partial charge on any atom is -0.480 e. The van der Waals surface area contributed by atoms with Crippen LogP contribution in [-0.2, 0) is 0 Å². The Balaban J connectivity index is 0.00000208. The summed E-state index contributed by atoms with van der Waals surface area (Å²) in [6, 6.07) is 6.10. The first kappa shape index (κ1) is 19.2. The van der Waals surface area contributed by atoms with Gasteiger partial charge in [-0.15, -0.1) is 12.4 Å². The van der Waals surface area contributed by atoms with Gasteiger partial charge in [-0.25, -0.2) is 0 Å². The molecule has 24 heavy (non-hydrogen) atoms. The van der Waals surface area contributed by atoms with E-state index in [9.17, 15) is 0 Å². The normalized spacial score (nSPS) is 19.6. The van der Waals surface area contributed by atoms with E-state index in [2.05, 4.69) is 43.3 Å². The number of piperazine rings is 1. The number of ether oxygens (including phenoxy) is 1. The number of halogens is 2. The molecule has 2 heterocycles. The summed E-state index contributed by atoms with van der Waals surface area (Å²) in [5, 5.41) is 7.48. The van der Waals surface area contributed by atoms with Gasteiger partial charge in [-0.1, -0.05) is 11.2 Å². The molecule has 0 bridgehead atoms. The van der Waals surface area contributed by atoms with Crippen LogP contribution in [0.5, 0.6) is 5.75 Å². The molecule has 1 aliphatic rings. The lowest BCUT2D eigenvalue weighted by atomic mass is 10.2. The average Bonchev–Trinajstić information content (AvgIpc) is 3.00. The van der Waals surface area contributed by atoms with Gasteiger partial charge in [-0.3, -0.25) is 4.90 Å². The van der Waals surface area contributed by atoms with Crippen molar-refractivity contribution in [3.8, 4) is 5.75 Å². The summed E-state index contributed by atoms with van der Waals surface area (Å²) < 4.78 is 12.3. The van der Waals surface area contributed by atoms with Gasteiger partial charge in [0.05, 0.1) is 10.5 Å². The number of rotatable bonds is 4. The fourth-order valence-electron chi connectivity index (χ4n) is 2.58. The number of nitrogens with one attached hydrogen (secondary N) is 1. The van der Waals surface area contributed by atoms with Crippen molar-refractivity contribution < 1.29 is 9.26 Å². The fraction of sp³-hybridized carbons (Fsp3) is 0.500. The molecule has 0 saturated carbocycles. The maximum Gasteiger partial charge on any atom is 0.267 e. The van der Waals surface area contributed by atoms with Crippen molar-refractivity contribution in [1.82, 2.24) is 20.4 Å². The van der Waals surface area contributed by atoms with Crippen molar-refractivity contribution in [2.24, 2.45) is 0 Å². The van der Waals surface area contributed by atoms with E-state index in [1.165, 1.54) is 5.56 Å². The van der Waals surface area contributed by atoms with E-state index in [4.69, 9.17) is 9.26 Å². The molecule has 0 aliphatic carbocycles. The highest BCUT2D eigenvalue weighted by atomic mass is 79.9. The largest absolute Gasteiger partial charge is 0.480 e. The van der Waals surface area contributed by atoms with Crippen molar-refractivity contribution in [1.29, 1.82) is 0 Å². The summed E-state index contributed by atoms with van der Waals surface area (Å²) in [4.78, 5) is 6.76. The van der Waals surface area contributed by atoms with E-state index in [1.807, 2.05) is 32.0 Å². The van der Waals surface area contributed by atoms with Crippen LogP contribution in [-0.4, -0.2) is 41.7 Å². The van der Waals surface area contributed by atoms with E-state index in [-0.39, 0.29) is 24.6 Å². The number of hydrogen-bond acceptors (Lipinski definition) is 6. The zero-order valence-electron chi connectivity index (χ0n) is 14.0. The van der Waals surface area contributed by atoms with Gasteiger partial charge in [0.2, 0.25) is 0 Å². The van der Waals surface area contributed by atoms with E-state index >= 15 is 0 Å². The number of aromatic nitrogens is 2. The third kappa shape index (κ3) is 4.27. The molecule has 132 valence electrons. The maximum absolute atomic E-state index is 5.94. The molecule has 1 N–H and O–H groups in total. The highest BCUT2D eigenvalue weighted by Gasteiger charge is 2.26. The van der Waals surface area contributed by atoms with Crippen molar-refractivity contribution in [2.75, 3.05) is 26.7 Å². The van der Waals surface area contributed by atoms with E-state index in [0.717, 1.165) is 29.9 Å². The van der Waals surface area contributed by atoms with Gasteiger partial charge in [0.1, 0.15) is 5.75 Å². The van der Waals surface area contributed by atoms with Crippen LogP contribution in [0.4, 0.5) is 0 Å². The molecule has 1 aromatic heterocycles. The van der Waals surface area contributed by atoms with Crippen molar-refractivity contribution in [3.63, 3.8) is 0 Å². The summed E-state index contributed by atoms with van der Waals surface area (Å²) in [5.74, 6) is 1.96. The lowest BCUT2D eigenvalue weighted by molar-refractivity contribution is 0.172. The highest BCUT2D eigenvalue weighted by Crippen LogP contribution is 2.30. The first-order valence-electron chi connectivity index (χ1n) is 7.72. The molecule has 1 aliphatic heterocycles. The van der Waals surface area contributed by atoms with Gasteiger partial charge >= 0.3 is 0 Å². The number of nitrogens with zero attached hydrogens (tertiary/aromatic N) is 3. The second-order valence-electron chi connectivity index (χ2n) is 5.89. The second-order valence-corrected chi connectivity index (χ2v) is 6.74. The molecular weight excluding hydrogens is 396 g/mol. The average molecular weight is 418 g/mol. The molecule has 2 aromatic rings. The summed E-state index contributed by atoms with van der Waals surface area (Å²) in [6.45, 7) is 6.73. The first-order valence-corrected chi connectivity index (χ1v) is 8.51. The summed E-state index contributed by atoms with van der Waals surface area (Å²) in [7, 11) is 2.07. The van der Waals surface area contributed by atoms with Gasteiger partial charge in [0.25, 0.3) is 5.89 Å². The van der Waals surface area contributed by atoms with Gasteiger partial charge in [0, 0.05) is 19.6 Å². The van der Waals surface area contributed by atoms with Crippen molar-refractivity contribution in [2.45, 2.75) is 26.0 Å². The smallest absolute Gasteiger partial charge is 0.267 e. The predicted molar refractivity (Wildman–Crippen MR) is 97.7 cm³/mol. The standard InChI is InChI=1S/C16H21BrN4O2.ClH/c1-10-4-5-14(12(17)8-10)22-11(2)16-19-15(20-23-16)13-9-18-6-7-21(13)3;/h4-5,8,11,13,18H,6-7,9H2,1-3H3;1H. The zero-order valence-corrected chi connectivity index (χ0v) is 16.4. The third-order valence-electron chi connectivity index (χ3n) is 4.01. The Labute approximate surface area is 156 Å². The summed E-state index contributed by atoms with van der Waals surface area (Å²) >= 11 is 3.52. The number of aryl methyl sites for hydroxylation is 1. The van der Waals surface area contributed by atoms with Crippen LogP contribution >= 0.6 is 28.3 Å². The maximum atomic E-state index is 5.94. The molecule has 6 nitrogen and oxygen atoms in total. The van der Waals surface area contributed by atoms with E-state index in [1.54, 1.807) is 0 Å². The minimum absolute atomic E-state index is 0. The van der Waals surface area contributed by atoms with E-state index < -0.39 is 0 Å². The second kappa shape index (κ2) is 8.29. The van der Waals surface area contributed by atoms with Crippen LogP contribution in [0.25, 0.3) is 0 Å². The number of benzene rings is 1. The number of hydrogen-bond donors (Lipinski definition) is 1. The SMILES string of the molecule is Cc1ccc(OC(C)c2nc(C3CNCCN3C)no2)c(Br)c1.Cl. The van der Waals surface area contributed by atoms with Crippen LogP contribution in [0.2, 0.25) is 0 Å². The third-order valence-corrected chi connectivity index (χ3v) is 4.63. The monoisotopic (exact) mass is 416 g/mol. The molecule has 0 radical (unpaired) electrons. The quantitative estimate of drug-likeness (QED) is 0.824. The molecule has 1 aromatic carbocycles. The van der Waals surface area contributed by atoms with Gasteiger partial charge in [-0.05, 0) is 54.5 Å². The number of likely N-dealkylation sites (N-methyl/N-ethyl adjacent to an activating group) is 1. The van der Waals surface area contributed by atoms with Crippen molar-refractivity contribution >= 4 is 28.3 Å². The summed E-state index contributed by atoms with van der Waals surface area (Å²) in [5.41, 5.74) is 1.17. The molecule has 3 rings (SSSR count). The van der Waals surface area contributed by atoms with Crippen molar-refractivity contribution in [3.05, 3.63) is 40.0 Å². The molecule has 1 fully saturated rings. The molecular formula is C16H22BrClN4O2. The Hall–Kier alpha value is -1.15. The zero-order chi connectivity index (χ0) is 16.4. The lowest BCUT2D eigenvalue weighted by Crippen LogP contribution is -2.44. The van der Waals surface area contributed by atoms with Crippen LogP contribution in [0, 0.1) is 6.92 Å². The molecule has 0 spiro atoms. The molecule has 2 unspecified atom stereocenters. The predicted octanol–water partition coefficient (Wildman–Crippen LogP) is 3.28. The summed E-state index contributed by atoms with van der Waals surface area (Å²) in [6.07, 6.45) is -0.308. The van der Waals surface area contributed by atoms with Crippen LogP contribution in [0.15, 0.2) is 27.2 Å². The Kier molecular flexibility index (Phi) is 6.62. The van der Waals surface area contributed by atoms with Gasteiger partial charge in [-0.2, -0.15) is 4.98 Å². The van der Waals surface area contributed by atoms with Crippen LogP contribution < -0.4 is 10.1 Å². The molecule has 0 amide bonds. The topological polar surface area (TPSA) is 63.4 Å². The first-order chi connectivity index (χ1) is 11.0. The van der Waals surface area contributed by atoms with Gasteiger partial charge < -0.3 is 14.6 Å².